The molecule has 150 valence electrons. The van der Waals surface area contributed by atoms with E-state index >= 15 is 0 Å². The van der Waals surface area contributed by atoms with Gasteiger partial charge in [-0.25, -0.2) is 4.98 Å². The fourth-order valence-corrected chi connectivity index (χ4v) is 3.47. The van der Waals surface area contributed by atoms with Gasteiger partial charge in [0.1, 0.15) is 5.75 Å². The maximum Gasteiger partial charge on any atom is 0.213 e. The molecule has 3 rings (SSSR count). The standard InChI is InChI=1S/C23H30N2O3/c1-23(2,3)22(26)19-9-8-18(27-4)15-20(19)25-13-10-17(11-14-25)16-28-21-7-5-6-12-24-21/h5-9,12,15,17H,10-11,13-14,16H2,1-4H3. The Bertz CT molecular complexity index is 791. The van der Waals surface area contributed by atoms with Crippen LogP contribution in [0.5, 0.6) is 11.6 Å². The zero-order valence-electron chi connectivity index (χ0n) is 17.3. The molecule has 2 aromatic rings. The predicted octanol–water partition coefficient (Wildman–Crippen LogP) is 4.61. The van der Waals surface area contributed by atoms with Crippen molar-refractivity contribution >= 4 is 11.5 Å². The average Bonchev–Trinajstić information content (AvgIpc) is 2.72. The molecule has 1 aliphatic rings. The van der Waals surface area contributed by atoms with E-state index in [0.29, 0.717) is 18.4 Å². The monoisotopic (exact) mass is 382 g/mol. The Hall–Kier alpha value is -2.56. The van der Waals surface area contributed by atoms with Crippen molar-refractivity contribution in [3.63, 3.8) is 0 Å². The van der Waals surface area contributed by atoms with Crippen LogP contribution in [0.4, 0.5) is 5.69 Å². The molecule has 1 aliphatic heterocycles. The van der Waals surface area contributed by atoms with E-state index in [1.54, 1.807) is 13.3 Å². The van der Waals surface area contributed by atoms with Crippen LogP contribution in [-0.4, -0.2) is 37.6 Å². The Morgan fingerprint density at radius 2 is 1.93 bits per heavy atom. The van der Waals surface area contributed by atoms with Gasteiger partial charge < -0.3 is 14.4 Å². The number of aromatic nitrogens is 1. The number of ether oxygens (including phenoxy) is 2. The summed E-state index contributed by atoms with van der Waals surface area (Å²) in [5.74, 6) is 2.10. The zero-order valence-corrected chi connectivity index (χ0v) is 17.3. The Morgan fingerprint density at radius 1 is 1.18 bits per heavy atom. The summed E-state index contributed by atoms with van der Waals surface area (Å²) in [4.78, 5) is 19.5. The number of pyridine rings is 1. The van der Waals surface area contributed by atoms with Crippen LogP contribution in [0.3, 0.4) is 0 Å². The highest BCUT2D eigenvalue weighted by atomic mass is 16.5. The summed E-state index contributed by atoms with van der Waals surface area (Å²) in [5, 5.41) is 0. The van der Waals surface area contributed by atoms with Crippen molar-refractivity contribution in [2.45, 2.75) is 33.6 Å². The van der Waals surface area contributed by atoms with E-state index in [1.807, 2.05) is 57.2 Å². The topological polar surface area (TPSA) is 51.7 Å². The Morgan fingerprint density at radius 3 is 2.54 bits per heavy atom. The first-order chi connectivity index (χ1) is 13.4. The molecule has 0 aliphatic carbocycles. The summed E-state index contributed by atoms with van der Waals surface area (Å²) in [6.45, 7) is 8.36. The lowest BCUT2D eigenvalue weighted by Gasteiger charge is -2.35. The minimum atomic E-state index is -0.418. The van der Waals surface area contributed by atoms with Gasteiger partial charge in [-0.1, -0.05) is 26.8 Å². The molecule has 0 amide bonds. The van der Waals surface area contributed by atoms with Crippen LogP contribution < -0.4 is 14.4 Å². The maximum absolute atomic E-state index is 13.0. The van der Waals surface area contributed by atoms with Gasteiger partial charge in [-0.3, -0.25) is 4.79 Å². The number of anilines is 1. The normalized spacial score (nSPS) is 15.4. The summed E-state index contributed by atoms with van der Waals surface area (Å²) in [6, 6.07) is 11.5. The highest BCUT2D eigenvalue weighted by molar-refractivity contribution is 6.04. The molecule has 5 heteroatoms. The minimum Gasteiger partial charge on any atom is -0.497 e. The van der Waals surface area contributed by atoms with Crippen LogP contribution in [0.15, 0.2) is 42.6 Å². The molecule has 0 atom stereocenters. The second-order valence-electron chi connectivity index (χ2n) is 8.37. The third kappa shape index (κ3) is 4.83. The van der Waals surface area contributed by atoms with Crippen LogP contribution in [0, 0.1) is 11.3 Å². The van der Waals surface area contributed by atoms with Crippen LogP contribution >= 0.6 is 0 Å². The number of hydrogen-bond acceptors (Lipinski definition) is 5. The molecular formula is C23H30N2O3. The van der Waals surface area contributed by atoms with E-state index in [9.17, 15) is 4.79 Å². The molecule has 1 saturated heterocycles. The summed E-state index contributed by atoms with van der Waals surface area (Å²) >= 11 is 0. The van der Waals surface area contributed by atoms with E-state index < -0.39 is 5.41 Å². The summed E-state index contributed by atoms with van der Waals surface area (Å²) in [6.07, 6.45) is 3.79. The smallest absolute Gasteiger partial charge is 0.213 e. The molecule has 0 radical (unpaired) electrons. The fourth-order valence-electron chi connectivity index (χ4n) is 3.47. The first kappa shape index (κ1) is 20.2. The third-order valence-electron chi connectivity index (χ3n) is 5.19. The second-order valence-corrected chi connectivity index (χ2v) is 8.37. The molecule has 28 heavy (non-hydrogen) atoms. The molecule has 1 fully saturated rings. The van der Waals surface area contributed by atoms with E-state index in [1.165, 1.54) is 0 Å². The number of benzene rings is 1. The average molecular weight is 383 g/mol. The highest BCUT2D eigenvalue weighted by Crippen LogP contribution is 2.34. The van der Waals surface area contributed by atoms with Gasteiger partial charge in [0.15, 0.2) is 5.78 Å². The number of rotatable bonds is 6. The van der Waals surface area contributed by atoms with Crippen LogP contribution in [-0.2, 0) is 0 Å². The number of methoxy groups -OCH3 is 1. The summed E-state index contributed by atoms with van der Waals surface area (Å²) in [5.41, 5.74) is 1.33. The van der Waals surface area contributed by atoms with Crippen molar-refractivity contribution in [1.82, 2.24) is 4.98 Å². The molecule has 0 spiro atoms. The lowest BCUT2D eigenvalue weighted by Crippen LogP contribution is -2.37. The maximum atomic E-state index is 13.0. The lowest BCUT2D eigenvalue weighted by atomic mass is 9.85. The van der Waals surface area contributed by atoms with Gasteiger partial charge in [0, 0.05) is 42.4 Å². The van der Waals surface area contributed by atoms with Crippen molar-refractivity contribution in [3.05, 3.63) is 48.2 Å². The minimum absolute atomic E-state index is 0.158. The van der Waals surface area contributed by atoms with Crippen LogP contribution in [0.25, 0.3) is 0 Å². The number of piperidine rings is 1. The van der Waals surface area contributed by atoms with Crippen molar-refractivity contribution in [1.29, 1.82) is 0 Å². The largest absolute Gasteiger partial charge is 0.497 e. The Kier molecular flexibility index (Phi) is 6.22. The van der Waals surface area contributed by atoms with Crippen molar-refractivity contribution in [2.75, 3.05) is 31.7 Å². The van der Waals surface area contributed by atoms with Gasteiger partial charge in [-0.2, -0.15) is 0 Å². The van der Waals surface area contributed by atoms with Crippen LogP contribution in [0.1, 0.15) is 44.0 Å². The molecule has 2 heterocycles. The summed E-state index contributed by atoms with van der Waals surface area (Å²) in [7, 11) is 1.66. The Balaban J connectivity index is 1.68. The Labute approximate surface area is 167 Å². The highest BCUT2D eigenvalue weighted by Gasteiger charge is 2.29. The molecule has 0 saturated carbocycles. The molecule has 1 aromatic heterocycles. The van der Waals surface area contributed by atoms with E-state index in [-0.39, 0.29) is 5.78 Å². The lowest BCUT2D eigenvalue weighted by molar-refractivity contribution is 0.0858. The van der Waals surface area contributed by atoms with Gasteiger partial charge in [0.25, 0.3) is 0 Å². The first-order valence-electron chi connectivity index (χ1n) is 9.90. The summed E-state index contributed by atoms with van der Waals surface area (Å²) < 4.78 is 11.2. The van der Waals surface area contributed by atoms with Gasteiger partial charge in [-0.15, -0.1) is 0 Å². The SMILES string of the molecule is COc1ccc(C(=O)C(C)(C)C)c(N2CCC(COc3ccccn3)CC2)c1. The molecule has 5 nitrogen and oxygen atoms in total. The van der Waals surface area contributed by atoms with Crippen molar-refractivity contribution in [3.8, 4) is 11.6 Å². The number of Topliss-reactive ketones (excluding diaryl/α,β-unsaturated/α-hetero) is 1. The predicted molar refractivity (Wildman–Crippen MR) is 111 cm³/mol. The number of carbonyl (C=O) groups excluding carboxylic acids is 1. The quantitative estimate of drug-likeness (QED) is 0.683. The van der Waals surface area contributed by atoms with Gasteiger partial charge in [-0.05, 0) is 37.0 Å². The molecular weight excluding hydrogens is 352 g/mol. The number of carbonyl (C=O) groups is 1. The molecule has 0 N–H and O–H groups in total. The van der Waals surface area contributed by atoms with E-state index in [4.69, 9.17) is 9.47 Å². The van der Waals surface area contributed by atoms with Crippen molar-refractivity contribution < 1.29 is 14.3 Å². The number of nitrogens with zero attached hydrogens (tertiary/aromatic N) is 2. The van der Waals surface area contributed by atoms with Gasteiger partial charge >= 0.3 is 0 Å². The molecule has 0 bridgehead atoms. The van der Waals surface area contributed by atoms with E-state index in [0.717, 1.165) is 42.9 Å². The van der Waals surface area contributed by atoms with Crippen molar-refractivity contribution in [2.24, 2.45) is 11.3 Å². The second kappa shape index (κ2) is 8.63. The van der Waals surface area contributed by atoms with Gasteiger partial charge in [0.05, 0.1) is 19.4 Å². The fraction of sp³-hybridized carbons (Fsp3) is 0.478. The van der Waals surface area contributed by atoms with Crippen LogP contribution in [0.2, 0.25) is 0 Å². The molecule has 0 unspecified atom stereocenters. The molecule has 1 aromatic carbocycles. The number of hydrogen-bond donors (Lipinski definition) is 0. The van der Waals surface area contributed by atoms with E-state index in [2.05, 4.69) is 9.88 Å². The zero-order chi connectivity index (χ0) is 20.1. The third-order valence-corrected chi connectivity index (χ3v) is 5.19. The number of ketones is 1. The first-order valence-corrected chi connectivity index (χ1v) is 9.90. The van der Waals surface area contributed by atoms with Gasteiger partial charge in [0.2, 0.25) is 5.88 Å².